The monoisotopic (exact) mass is 268 g/mol. The predicted octanol–water partition coefficient (Wildman–Crippen LogP) is -2.75. The first-order valence-electron chi connectivity index (χ1n) is 0.698. The van der Waals surface area contributed by atoms with Crippen molar-refractivity contribution in [1.82, 2.24) is 0 Å². The molecule has 0 aromatic rings. The summed E-state index contributed by atoms with van der Waals surface area (Å²) < 4.78 is 31.6. The van der Waals surface area contributed by atoms with Gasteiger partial charge in [-0.1, -0.05) is 0 Å². The Morgan fingerprint density at radius 3 is 1.14 bits per heavy atom. The van der Waals surface area contributed by atoms with Crippen molar-refractivity contribution in [3.05, 3.63) is 0 Å². The van der Waals surface area contributed by atoms with E-state index < -0.39 is 10.4 Å². The molecule has 0 aromatic heterocycles. The van der Waals surface area contributed by atoms with Crippen LogP contribution in [0.1, 0.15) is 0 Å². The first kappa shape index (κ1) is 16.0. The van der Waals surface area contributed by atoms with Crippen molar-refractivity contribution in [2.75, 3.05) is 0 Å². The Hall–Kier alpha value is 1.97. The summed E-state index contributed by atoms with van der Waals surface area (Å²) in [6, 6.07) is 0. The van der Waals surface area contributed by atoms with Gasteiger partial charge in [0.1, 0.15) is 0 Å². The molecule has 0 aliphatic rings. The van der Waals surface area contributed by atoms with Crippen LogP contribution in [0.4, 0.5) is 0 Å². The van der Waals surface area contributed by atoms with Crippen molar-refractivity contribution < 1.29 is 17.5 Å². The van der Waals surface area contributed by atoms with Gasteiger partial charge in [-0.05, 0) is 0 Å². The molecular weight excluding hydrogens is 260 g/mol. The first-order chi connectivity index (χ1) is 2.00. The van der Waals surface area contributed by atoms with E-state index in [0.717, 1.165) is 0 Å². The van der Waals surface area contributed by atoms with Gasteiger partial charge in [-0.3, -0.25) is 9.11 Å². The summed E-state index contributed by atoms with van der Waals surface area (Å²) >= 11 is 0. The Morgan fingerprint density at radius 1 is 1.14 bits per heavy atom. The zero-order valence-corrected chi connectivity index (χ0v) is 2.94. The molecule has 4 nitrogen and oxygen atoms in total. The van der Waals surface area contributed by atoms with Crippen LogP contribution in [0.5, 0.6) is 0 Å². The van der Waals surface area contributed by atoms with Crippen LogP contribution < -0.4 is 0 Å². The van der Waals surface area contributed by atoms with Crippen molar-refractivity contribution in [2.24, 2.45) is 0 Å². The van der Waals surface area contributed by atoms with Crippen LogP contribution in [-0.2, 0) is 10.4 Å². The third kappa shape index (κ3) is 73.0. The number of hydrogen-bond acceptors (Lipinski definition) is 2. The van der Waals surface area contributed by atoms with Crippen LogP contribution in [0, 0.1) is 0 Å². The van der Waals surface area contributed by atoms with Gasteiger partial charge < -0.3 is 0 Å². The molecule has 0 unspecified atom stereocenters. The van der Waals surface area contributed by atoms with Gasteiger partial charge in [0.2, 0.25) is 0 Å². The normalized spacial score (nSPS) is 8.29. The van der Waals surface area contributed by atoms with Crippen molar-refractivity contribution >= 4 is 76.6 Å². The average molecular weight is 267 g/mol. The molecule has 2 N–H and O–H groups in total. The molecule has 0 aliphatic heterocycles. The van der Waals surface area contributed by atoms with E-state index in [1.54, 1.807) is 0 Å². The molecule has 0 bridgehead atoms. The Kier molecular flexibility index (Phi) is 13.9. The third-order valence-corrected chi connectivity index (χ3v) is 0. The van der Waals surface area contributed by atoms with E-state index in [4.69, 9.17) is 17.5 Å². The van der Waals surface area contributed by atoms with Crippen molar-refractivity contribution in [3.63, 3.8) is 0 Å². The Balaban J connectivity index is -0.0000000800. The topological polar surface area (TPSA) is 74.6 Å². The molecule has 0 saturated heterocycles. The van der Waals surface area contributed by atoms with E-state index >= 15 is 0 Å². The molecule has 0 heterocycles. The second kappa shape index (κ2) is 6.10. The summed E-state index contributed by atoms with van der Waals surface area (Å²) in [6.07, 6.45) is 0. The zero-order valence-electron chi connectivity index (χ0n) is 2.12. The van der Waals surface area contributed by atoms with Gasteiger partial charge in [-0.25, -0.2) is 0 Å². The van der Waals surface area contributed by atoms with Crippen LogP contribution >= 0.6 is 0 Å². The van der Waals surface area contributed by atoms with E-state index in [2.05, 4.69) is 0 Å². The van der Waals surface area contributed by atoms with Gasteiger partial charge in [0.15, 0.2) is 17.4 Å². The van der Waals surface area contributed by atoms with Crippen LogP contribution in [0.25, 0.3) is 0 Å². The molecular formula is H7AlBaO4S. The standard InChI is InChI=1S/Al.Ba.H2O4S.5H/c;;1-5(2,3)4;;;;;/h;;(H2,1,2,3,4);;;;;. The van der Waals surface area contributed by atoms with Gasteiger partial charge >= 0.3 is 59.3 Å². The molecule has 0 saturated carbocycles. The molecule has 0 rings (SSSR count). The quantitative estimate of drug-likeness (QED) is 0.368. The Bertz CT molecular complexity index is 94.9. The van der Waals surface area contributed by atoms with Gasteiger partial charge in [0.05, 0.1) is 0 Å². The summed E-state index contributed by atoms with van der Waals surface area (Å²) in [5, 5.41) is 0. The maximum atomic E-state index is 8.74. The van der Waals surface area contributed by atoms with E-state index in [-0.39, 0.29) is 66.2 Å². The fourth-order valence-corrected chi connectivity index (χ4v) is 0. The zero-order chi connectivity index (χ0) is 4.50. The van der Waals surface area contributed by atoms with Crippen LogP contribution in [-0.4, -0.2) is 83.8 Å². The Labute approximate surface area is 92.5 Å². The molecule has 7 heavy (non-hydrogen) atoms. The fraction of sp³-hybridized carbons (Fsp3) is 0. The molecule has 0 radical (unpaired) electrons. The van der Waals surface area contributed by atoms with Gasteiger partial charge in [0.25, 0.3) is 0 Å². The van der Waals surface area contributed by atoms with Crippen LogP contribution in [0.2, 0.25) is 0 Å². The van der Waals surface area contributed by atoms with E-state index in [1.165, 1.54) is 0 Å². The molecule has 0 atom stereocenters. The second-order valence-corrected chi connectivity index (χ2v) is 1.34. The van der Waals surface area contributed by atoms with E-state index in [1.807, 2.05) is 0 Å². The number of hydrogen-bond donors (Lipinski definition) is 2. The van der Waals surface area contributed by atoms with E-state index in [0.29, 0.717) is 0 Å². The molecule has 0 aliphatic carbocycles. The summed E-state index contributed by atoms with van der Waals surface area (Å²) in [4.78, 5) is 0. The third-order valence-electron chi connectivity index (χ3n) is 0. The summed E-state index contributed by atoms with van der Waals surface area (Å²) in [5.74, 6) is 0. The summed E-state index contributed by atoms with van der Waals surface area (Å²) in [7, 11) is -4.67. The molecule has 0 aromatic carbocycles. The molecule has 42 valence electrons. The van der Waals surface area contributed by atoms with E-state index in [9.17, 15) is 0 Å². The summed E-state index contributed by atoms with van der Waals surface area (Å²) in [5.41, 5.74) is 0. The Morgan fingerprint density at radius 2 is 1.14 bits per heavy atom. The molecule has 0 fully saturated rings. The fourth-order valence-electron chi connectivity index (χ4n) is 0. The van der Waals surface area contributed by atoms with Gasteiger partial charge in [0, 0.05) is 0 Å². The molecule has 0 spiro atoms. The minimum absolute atomic E-state index is 0. The molecule has 7 heteroatoms. The second-order valence-electron chi connectivity index (χ2n) is 0.448. The van der Waals surface area contributed by atoms with Crippen LogP contribution in [0.3, 0.4) is 0 Å². The SMILES string of the molecule is O=S(=O)(O)O.[AlH3].[BaH2]. The minimum atomic E-state index is -4.67. The van der Waals surface area contributed by atoms with Crippen molar-refractivity contribution in [1.29, 1.82) is 0 Å². The predicted molar refractivity (Wildman–Crippen MR) is 32.7 cm³/mol. The molecule has 0 amide bonds. The maximum absolute atomic E-state index is 8.74. The average Bonchev–Trinajstić information content (AvgIpc) is 0.722. The van der Waals surface area contributed by atoms with Crippen molar-refractivity contribution in [3.8, 4) is 0 Å². The van der Waals surface area contributed by atoms with Gasteiger partial charge in [-0.15, -0.1) is 0 Å². The first-order valence-corrected chi connectivity index (χ1v) is 2.10. The van der Waals surface area contributed by atoms with Crippen molar-refractivity contribution in [2.45, 2.75) is 0 Å². The van der Waals surface area contributed by atoms with Gasteiger partial charge in [-0.2, -0.15) is 8.42 Å². The summed E-state index contributed by atoms with van der Waals surface area (Å²) in [6.45, 7) is 0. The van der Waals surface area contributed by atoms with Crippen LogP contribution in [0.15, 0.2) is 0 Å². The number of rotatable bonds is 0.